The smallest absolute Gasteiger partial charge is 0.224 e. The van der Waals surface area contributed by atoms with Gasteiger partial charge in [-0.3, -0.25) is 0 Å². The highest BCUT2D eigenvalue weighted by Gasteiger charge is 2.13. The summed E-state index contributed by atoms with van der Waals surface area (Å²) < 4.78 is 13.4. The standard InChI is InChI=1S/C10H10ClFN4S/c1-5-4-17-9(14-5)6(2)15-8-7(12)3-13-10(11)16-8/h3-4,6H,1-2H3,(H,13,15,16). The summed E-state index contributed by atoms with van der Waals surface area (Å²) in [7, 11) is 0. The van der Waals surface area contributed by atoms with Gasteiger partial charge in [-0.15, -0.1) is 11.3 Å². The van der Waals surface area contributed by atoms with Gasteiger partial charge in [-0.25, -0.2) is 14.4 Å². The second-order valence-corrected chi connectivity index (χ2v) is 4.76. The Morgan fingerprint density at radius 2 is 2.24 bits per heavy atom. The van der Waals surface area contributed by atoms with E-state index in [1.807, 2.05) is 19.2 Å². The zero-order valence-corrected chi connectivity index (χ0v) is 10.8. The third-order valence-corrected chi connectivity index (χ3v) is 3.40. The van der Waals surface area contributed by atoms with Gasteiger partial charge in [-0.2, -0.15) is 4.98 Å². The molecule has 4 nitrogen and oxygen atoms in total. The number of nitrogens with one attached hydrogen (secondary N) is 1. The van der Waals surface area contributed by atoms with Crippen molar-refractivity contribution in [3.8, 4) is 0 Å². The summed E-state index contributed by atoms with van der Waals surface area (Å²) in [6, 6.07) is -0.130. The Labute approximate surface area is 107 Å². The van der Waals surface area contributed by atoms with Crippen molar-refractivity contribution >= 4 is 28.8 Å². The predicted molar refractivity (Wildman–Crippen MR) is 65.9 cm³/mol. The number of anilines is 1. The van der Waals surface area contributed by atoms with Crippen LogP contribution in [0.5, 0.6) is 0 Å². The number of hydrogen-bond donors (Lipinski definition) is 1. The topological polar surface area (TPSA) is 50.7 Å². The minimum absolute atomic E-state index is 0.0106. The molecule has 7 heteroatoms. The van der Waals surface area contributed by atoms with Crippen LogP contribution >= 0.6 is 22.9 Å². The molecule has 2 aromatic rings. The fourth-order valence-corrected chi connectivity index (χ4v) is 2.22. The van der Waals surface area contributed by atoms with Crippen LogP contribution < -0.4 is 5.32 Å². The van der Waals surface area contributed by atoms with Crippen molar-refractivity contribution in [1.29, 1.82) is 0 Å². The molecule has 0 radical (unpaired) electrons. The maximum atomic E-state index is 13.4. The summed E-state index contributed by atoms with van der Waals surface area (Å²) >= 11 is 7.12. The molecule has 2 rings (SSSR count). The van der Waals surface area contributed by atoms with Gasteiger partial charge in [-0.1, -0.05) is 0 Å². The van der Waals surface area contributed by atoms with Crippen LogP contribution in [0, 0.1) is 12.7 Å². The fraction of sp³-hybridized carbons (Fsp3) is 0.300. The molecule has 0 aromatic carbocycles. The first kappa shape index (κ1) is 12.2. The average molecular weight is 273 g/mol. The molecule has 0 spiro atoms. The van der Waals surface area contributed by atoms with Crippen LogP contribution in [0.2, 0.25) is 5.28 Å². The Morgan fingerprint density at radius 1 is 1.47 bits per heavy atom. The van der Waals surface area contributed by atoms with Gasteiger partial charge in [0.05, 0.1) is 12.2 Å². The molecular formula is C10H10ClFN4S. The van der Waals surface area contributed by atoms with E-state index < -0.39 is 5.82 Å². The summed E-state index contributed by atoms with van der Waals surface area (Å²) in [6.45, 7) is 3.79. The monoisotopic (exact) mass is 272 g/mol. The molecular weight excluding hydrogens is 263 g/mol. The van der Waals surface area contributed by atoms with Crippen LogP contribution in [0.15, 0.2) is 11.6 Å². The molecule has 0 aliphatic carbocycles. The Kier molecular flexibility index (Phi) is 3.54. The zero-order valence-electron chi connectivity index (χ0n) is 9.24. The highest BCUT2D eigenvalue weighted by atomic mass is 35.5. The number of hydrogen-bond acceptors (Lipinski definition) is 5. The first-order valence-corrected chi connectivity index (χ1v) is 6.18. The van der Waals surface area contributed by atoms with E-state index in [1.165, 1.54) is 11.3 Å². The third kappa shape index (κ3) is 2.89. The maximum absolute atomic E-state index is 13.4. The molecule has 90 valence electrons. The minimum atomic E-state index is -0.533. The largest absolute Gasteiger partial charge is 0.359 e. The molecule has 2 aromatic heterocycles. The Hall–Kier alpha value is -1.27. The van der Waals surface area contributed by atoms with E-state index in [1.54, 1.807) is 0 Å². The van der Waals surface area contributed by atoms with Crippen molar-refractivity contribution < 1.29 is 4.39 Å². The van der Waals surface area contributed by atoms with Crippen LogP contribution in [0.25, 0.3) is 0 Å². The summed E-state index contributed by atoms with van der Waals surface area (Å²) in [6.07, 6.45) is 1.04. The van der Waals surface area contributed by atoms with Crippen molar-refractivity contribution in [2.45, 2.75) is 19.9 Å². The van der Waals surface area contributed by atoms with Gasteiger partial charge in [-0.05, 0) is 25.4 Å². The van der Waals surface area contributed by atoms with Crippen LogP contribution in [0.4, 0.5) is 10.2 Å². The van der Waals surface area contributed by atoms with Gasteiger partial charge in [0.15, 0.2) is 11.6 Å². The Balaban J connectivity index is 2.18. The second kappa shape index (κ2) is 4.93. The van der Waals surface area contributed by atoms with Crippen molar-refractivity contribution in [3.05, 3.63) is 33.4 Å². The van der Waals surface area contributed by atoms with E-state index in [0.717, 1.165) is 16.9 Å². The first-order valence-electron chi connectivity index (χ1n) is 4.93. The maximum Gasteiger partial charge on any atom is 0.224 e. The van der Waals surface area contributed by atoms with E-state index in [9.17, 15) is 4.39 Å². The van der Waals surface area contributed by atoms with Crippen molar-refractivity contribution in [3.63, 3.8) is 0 Å². The van der Waals surface area contributed by atoms with E-state index >= 15 is 0 Å². The second-order valence-electron chi connectivity index (χ2n) is 3.53. The average Bonchev–Trinajstić information content (AvgIpc) is 2.70. The SMILES string of the molecule is Cc1csc(C(C)Nc2nc(Cl)ncc2F)n1. The number of aryl methyl sites for hydroxylation is 1. The number of rotatable bonds is 3. The van der Waals surface area contributed by atoms with Gasteiger partial charge in [0, 0.05) is 11.1 Å². The Morgan fingerprint density at radius 3 is 2.88 bits per heavy atom. The molecule has 1 unspecified atom stereocenters. The molecule has 0 saturated heterocycles. The van der Waals surface area contributed by atoms with Crippen LogP contribution in [0.3, 0.4) is 0 Å². The molecule has 1 atom stereocenters. The van der Waals surface area contributed by atoms with Crippen LogP contribution in [-0.2, 0) is 0 Å². The van der Waals surface area contributed by atoms with Gasteiger partial charge in [0.25, 0.3) is 0 Å². The number of thiazole rings is 1. The lowest BCUT2D eigenvalue weighted by atomic mass is 10.3. The van der Waals surface area contributed by atoms with Gasteiger partial charge < -0.3 is 5.32 Å². The lowest BCUT2D eigenvalue weighted by molar-refractivity contribution is 0.613. The normalized spacial score (nSPS) is 12.5. The molecule has 0 aliphatic heterocycles. The van der Waals surface area contributed by atoms with Crippen LogP contribution in [0.1, 0.15) is 23.7 Å². The molecule has 2 heterocycles. The first-order chi connectivity index (χ1) is 8.06. The summed E-state index contributed by atoms with van der Waals surface area (Å²) in [5.74, 6) is -0.445. The van der Waals surface area contributed by atoms with Gasteiger partial charge in [0.2, 0.25) is 5.28 Å². The number of halogens is 2. The Bertz CT molecular complexity index is 531. The molecule has 0 saturated carbocycles. The van der Waals surface area contributed by atoms with E-state index in [2.05, 4.69) is 20.3 Å². The van der Waals surface area contributed by atoms with E-state index in [0.29, 0.717) is 0 Å². The molecule has 0 bridgehead atoms. The van der Waals surface area contributed by atoms with Crippen molar-refractivity contribution in [1.82, 2.24) is 15.0 Å². The summed E-state index contributed by atoms with van der Waals surface area (Å²) in [4.78, 5) is 11.7. The highest BCUT2D eigenvalue weighted by molar-refractivity contribution is 7.09. The van der Waals surface area contributed by atoms with Gasteiger partial charge >= 0.3 is 0 Å². The van der Waals surface area contributed by atoms with E-state index in [4.69, 9.17) is 11.6 Å². The van der Waals surface area contributed by atoms with Gasteiger partial charge in [0.1, 0.15) is 5.01 Å². The molecule has 0 amide bonds. The fourth-order valence-electron chi connectivity index (χ4n) is 1.28. The summed E-state index contributed by atoms with van der Waals surface area (Å²) in [5, 5.41) is 5.74. The molecule has 1 N–H and O–H groups in total. The van der Waals surface area contributed by atoms with Crippen molar-refractivity contribution in [2.75, 3.05) is 5.32 Å². The molecule has 0 aliphatic rings. The lowest BCUT2D eigenvalue weighted by Gasteiger charge is -2.12. The summed E-state index contributed by atoms with van der Waals surface area (Å²) in [5.41, 5.74) is 0.944. The molecule has 17 heavy (non-hydrogen) atoms. The quantitative estimate of drug-likeness (QED) is 0.872. The predicted octanol–water partition coefficient (Wildman–Crippen LogP) is 3.21. The van der Waals surface area contributed by atoms with Crippen LogP contribution in [-0.4, -0.2) is 15.0 Å². The van der Waals surface area contributed by atoms with E-state index in [-0.39, 0.29) is 17.1 Å². The van der Waals surface area contributed by atoms with Crippen molar-refractivity contribution in [2.24, 2.45) is 0 Å². The molecule has 0 fully saturated rings. The number of nitrogens with zero attached hydrogens (tertiary/aromatic N) is 3. The minimum Gasteiger partial charge on any atom is -0.359 e. The lowest BCUT2D eigenvalue weighted by Crippen LogP contribution is -2.09. The number of aromatic nitrogens is 3. The highest BCUT2D eigenvalue weighted by Crippen LogP contribution is 2.23. The third-order valence-electron chi connectivity index (χ3n) is 2.08. The zero-order chi connectivity index (χ0) is 12.4.